The number of hydrogen-bond donors (Lipinski definition) is 0. The van der Waals surface area contributed by atoms with Crippen molar-refractivity contribution in [3.05, 3.63) is 106 Å². The van der Waals surface area contributed by atoms with Gasteiger partial charge in [0.15, 0.2) is 11.3 Å². The molecule has 0 saturated carbocycles. The second kappa shape index (κ2) is 7.95. The molecule has 0 unspecified atom stereocenters. The topological polar surface area (TPSA) is 78.0 Å². The minimum atomic E-state index is -0.328. The van der Waals surface area contributed by atoms with Gasteiger partial charge in [-0.1, -0.05) is 42.0 Å². The molecule has 6 aromatic rings. The summed E-state index contributed by atoms with van der Waals surface area (Å²) in [5, 5.41) is 4.92. The maximum atomic E-state index is 13.9. The molecule has 3 aromatic carbocycles. The fourth-order valence-electron chi connectivity index (χ4n) is 4.16. The second-order valence-corrected chi connectivity index (χ2v) is 8.33. The van der Waals surface area contributed by atoms with Gasteiger partial charge in [0.25, 0.3) is 5.56 Å². The van der Waals surface area contributed by atoms with Crippen LogP contribution in [0.1, 0.15) is 17.0 Å². The van der Waals surface area contributed by atoms with Crippen LogP contribution in [0.3, 0.4) is 0 Å². The fourth-order valence-corrected chi connectivity index (χ4v) is 4.16. The number of para-hydroxylation sites is 2. The second-order valence-electron chi connectivity index (χ2n) is 8.33. The van der Waals surface area contributed by atoms with Crippen LogP contribution in [-0.4, -0.2) is 30.4 Å². The van der Waals surface area contributed by atoms with Crippen LogP contribution in [0, 0.1) is 19.7 Å². The maximum absolute atomic E-state index is 13.9. The van der Waals surface area contributed by atoms with Crippen LogP contribution in [0.25, 0.3) is 38.9 Å². The third-order valence-electron chi connectivity index (χ3n) is 5.91. The number of rotatable bonds is 3. The third-order valence-corrected chi connectivity index (χ3v) is 5.91. The number of aromatic nitrogens is 5. The molecule has 0 aliphatic carbocycles. The predicted molar refractivity (Wildman–Crippen MR) is 135 cm³/mol. The Morgan fingerprint density at radius 2 is 1.51 bits per heavy atom. The molecule has 0 radical (unpaired) electrons. The van der Waals surface area contributed by atoms with Crippen molar-refractivity contribution in [1.82, 2.24) is 24.2 Å². The van der Waals surface area contributed by atoms with E-state index in [1.165, 1.54) is 16.8 Å². The molecule has 0 spiro atoms. The van der Waals surface area contributed by atoms with Crippen LogP contribution in [-0.2, 0) is 0 Å². The quantitative estimate of drug-likeness (QED) is 0.350. The molecular weight excluding hydrogens is 443 g/mol. The van der Waals surface area contributed by atoms with Gasteiger partial charge in [0.05, 0.1) is 22.9 Å². The molecule has 0 atom stereocenters. The van der Waals surface area contributed by atoms with Gasteiger partial charge in [-0.25, -0.2) is 19.3 Å². The van der Waals surface area contributed by atoms with Crippen molar-refractivity contribution in [3.63, 3.8) is 0 Å². The highest BCUT2D eigenvalue weighted by atomic mass is 19.1. The van der Waals surface area contributed by atoms with Crippen molar-refractivity contribution in [1.29, 1.82) is 0 Å². The maximum Gasteiger partial charge on any atom is 0.269 e. The number of hydrogen-bond acceptors (Lipinski definition) is 5. The number of halogens is 1. The summed E-state index contributed by atoms with van der Waals surface area (Å²) in [4.78, 5) is 28.2. The Morgan fingerprint density at radius 3 is 2.23 bits per heavy atom. The first-order valence-corrected chi connectivity index (χ1v) is 11.1. The van der Waals surface area contributed by atoms with E-state index in [2.05, 4.69) is 5.10 Å². The van der Waals surface area contributed by atoms with Crippen LogP contribution in [0.4, 0.5) is 4.39 Å². The van der Waals surface area contributed by atoms with E-state index in [1.807, 2.05) is 55.5 Å². The van der Waals surface area contributed by atoms with Crippen molar-refractivity contribution >= 4 is 39.4 Å². The molecule has 35 heavy (non-hydrogen) atoms. The predicted octanol–water partition coefficient (Wildman–Crippen LogP) is 4.92. The highest BCUT2D eigenvalue weighted by Gasteiger charge is 2.21. The molecule has 8 heteroatoms. The first-order valence-electron chi connectivity index (χ1n) is 11.1. The normalized spacial score (nSPS) is 11.9. The average Bonchev–Trinajstić information content (AvgIpc) is 3.15. The molecule has 0 saturated heterocycles. The van der Waals surface area contributed by atoms with E-state index >= 15 is 0 Å². The van der Waals surface area contributed by atoms with Gasteiger partial charge in [-0.3, -0.25) is 9.36 Å². The molecule has 0 amide bonds. The van der Waals surface area contributed by atoms with E-state index in [-0.39, 0.29) is 11.4 Å². The van der Waals surface area contributed by atoms with Gasteiger partial charge in [-0.05, 0) is 55.8 Å². The first-order chi connectivity index (χ1) is 17.0. The van der Waals surface area contributed by atoms with E-state index in [0.717, 1.165) is 11.3 Å². The summed E-state index contributed by atoms with van der Waals surface area (Å²) in [7, 11) is 0. The van der Waals surface area contributed by atoms with E-state index in [9.17, 15) is 9.18 Å². The standard InChI is InChI=1S/C27H19FN6O/c1-16-7-13-20(14-8-16)33-17(2)30-25-23(27(33)35)24-26(32-22-6-4-3-5-21(22)31-24)34(25)29-15-18-9-11-19(28)12-10-18/h3-15H,1-2H3. The van der Waals surface area contributed by atoms with Crippen LogP contribution in [0.2, 0.25) is 0 Å². The van der Waals surface area contributed by atoms with E-state index in [0.29, 0.717) is 44.6 Å². The zero-order valence-corrected chi connectivity index (χ0v) is 19.0. The largest absolute Gasteiger partial charge is 0.269 e. The molecule has 0 aliphatic rings. The lowest BCUT2D eigenvalue weighted by Gasteiger charge is -2.10. The SMILES string of the molecule is Cc1ccc(-n2c(C)nc3c(c2=O)c2nc4ccccc4nc2n3N=Cc2ccc(F)cc2)cc1. The molecule has 0 N–H and O–H groups in total. The summed E-state index contributed by atoms with van der Waals surface area (Å²) in [6, 6.07) is 21.1. The number of benzene rings is 3. The van der Waals surface area contributed by atoms with Crippen LogP contribution in [0.15, 0.2) is 82.7 Å². The molecule has 170 valence electrons. The van der Waals surface area contributed by atoms with E-state index in [1.54, 1.807) is 29.8 Å². The fraction of sp³-hybridized carbons (Fsp3) is 0.0741. The highest BCUT2D eigenvalue weighted by Crippen LogP contribution is 2.26. The molecule has 3 aromatic heterocycles. The smallest absolute Gasteiger partial charge is 0.268 e. The van der Waals surface area contributed by atoms with Crippen molar-refractivity contribution in [2.75, 3.05) is 0 Å². The Hall–Kier alpha value is -4.72. The number of nitrogens with zero attached hydrogens (tertiary/aromatic N) is 6. The summed E-state index contributed by atoms with van der Waals surface area (Å²) < 4.78 is 16.4. The summed E-state index contributed by atoms with van der Waals surface area (Å²) in [6.45, 7) is 3.78. The van der Waals surface area contributed by atoms with Crippen LogP contribution in [0.5, 0.6) is 0 Å². The Morgan fingerprint density at radius 1 is 0.829 bits per heavy atom. The molecule has 0 aliphatic heterocycles. The van der Waals surface area contributed by atoms with Gasteiger partial charge in [0, 0.05) is 0 Å². The van der Waals surface area contributed by atoms with Crippen molar-refractivity contribution in [3.8, 4) is 5.69 Å². The van der Waals surface area contributed by atoms with Crippen molar-refractivity contribution in [2.24, 2.45) is 5.10 Å². The number of aryl methyl sites for hydroxylation is 2. The minimum Gasteiger partial charge on any atom is -0.268 e. The van der Waals surface area contributed by atoms with Gasteiger partial charge in [-0.15, -0.1) is 0 Å². The highest BCUT2D eigenvalue weighted by molar-refractivity contribution is 6.05. The van der Waals surface area contributed by atoms with Crippen molar-refractivity contribution in [2.45, 2.75) is 13.8 Å². The van der Waals surface area contributed by atoms with Gasteiger partial charge in [0.1, 0.15) is 22.5 Å². The Labute approximate surface area is 198 Å². The van der Waals surface area contributed by atoms with E-state index in [4.69, 9.17) is 15.0 Å². The lowest BCUT2D eigenvalue weighted by Crippen LogP contribution is -2.22. The molecule has 7 nitrogen and oxygen atoms in total. The summed E-state index contributed by atoms with van der Waals surface area (Å²) in [5.41, 5.74) is 4.81. The third kappa shape index (κ3) is 3.47. The van der Waals surface area contributed by atoms with Crippen molar-refractivity contribution < 1.29 is 4.39 Å². The monoisotopic (exact) mass is 462 g/mol. The summed E-state index contributed by atoms with van der Waals surface area (Å²) in [6.07, 6.45) is 1.58. The molecule has 0 fully saturated rings. The zero-order valence-electron chi connectivity index (χ0n) is 19.0. The molecular formula is C27H19FN6O. The van der Waals surface area contributed by atoms with Crippen LogP contribution >= 0.6 is 0 Å². The Bertz CT molecular complexity index is 1830. The minimum absolute atomic E-state index is 0.248. The first kappa shape index (κ1) is 20.9. The van der Waals surface area contributed by atoms with Crippen LogP contribution < -0.4 is 5.56 Å². The van der Waals surface area contributed by atoms with Gasteiger partial charge >= 0.3 is 0 Å². The Balaban J connectivity index is 1.69. The molecule has 0 bridgehead atoms. The van der Waals surface area contributed by atoms with E-state index < -0.39 is 0 Å². The summed E-state index contributed by atoms with van der Waals surface area (Å²) in [5.74, 6) is 0.183. The number of fused-ring (bicyclic) bond motifs is 4. The average molecular weight is 462 g/mol. The zero-order chi connectivity index (χ0) is 24.1. The lowest BCUT2D eigenvalue weighted by atomic mass is 10.2. The van der Waals surface area contributed by atoms with Gasteiger partial charge < -0.3 is 0 Å². The molecule has 6 rings (SSSR count). The van der Waals surface area contributed by atoms with Gasteiger partial charge in [-0.2, -0.15) is 9.78 Å². The van der Waals surface area contributed by atoms with Gasteiger partial charge in [0.2, 0.25) is 0 Å². The molecule has 3 heterocycles. The summed E-state index contributed by atoms with van der Waals surface area (Å²) >= 11 is 0. The lowest BCUT2D eigenvalue weighted by molar-refractivity contribution is 0.628. The Kier molecular flexibility index (Phi) is 4.74.